The standard InChI is InChI=1S/C6H8F2O3/c7-2-1-4-6(8)11-5(3-9)10-4/h3-6H,1-2H2. The van der Waals surface area contributed by atoms with Crippen LogP contribution in [0, 0.1) is 0 Å². The molecule has 1 aliphatic rings. The summed E-state index contributed by atoms with van der Waals surface area (Å²) in [5.74, 6) is 0. The van der Waals surface area contributed by atoms with E-state index in [2.05, 4.69) is 9.47 Å². The van der Waals surface area contributed by atoms with Crippen LogP contribution in [0.3, 0.4) is 0 Å². The fraction of sp³-hybridized carbons (Fsp3) is 0.833. The second-order valence-corrected chi connectivity index (χ2v) is 2.14. The van der Waals surface area contributed by atoms with Gasteiger partial charge in [-0.3, -0.25) is 9.18 Å². The number of rotatable bonds is 3. The van der Waals surface area contributed by atoms with Crippen molar-refractivity contribution >= 4 is 6.29 Å². The second-order valence-electron chi connectivity index (χ2n) is 2.14. The highest BCUT2D eigenvalue weighted by Gasteiger charge is 2.35. The van der Waals surface area contributed by atoms with E-state index in [1.165, 1.54) is 0 Å². The minimum atomic E-state index is -1.68. The van der Waals surface area contributed by atoms with E-state index in [1.54, 1.807) is 0 Å². The predicted molar refractivity (Wildman–Crippen MR) is 31.3 cm³/mol. The van der Waals surface area contributed by atoms with Crippen LogP contribution in [0.5, 0.6) is 0 Å². The molecule has 0 aliphatic carbocycles. The zero-order chi connectivity index (χ0) is 8.27. The summed E-state index contributed by atoms with van der Waals surface area (Å²) in [4.78, 5) is 9.99. The molecule has 1 aliphatic heterocycles. The third-order valence-corrected chi connectivity index (χ3v) is 1.37. The molecule has 0 amide bonds. The van der Waals surface area contributed by atoms with Crippen LogP contribution >= 0.6 is 0 Å². The van der Waals surface area contributed by atoms with Gasteiger partial charge in [0.25, 0.3) is 0 Å². The molecule has 1 saturated heterocycles. The lowest BCUT2D eigenvalue weighted by atomic mass is 10.3. The van der Waals surface area contributed by atoms with Crippen molar-refractivity contribution in [1.82, 2.24) is 0 Å². The van der Waals surface area contributed by atoms with Gasteiger partial charge in [-0.25, -0.2) is 4.39 Å². The topological polar surface area (TPSA) is 35.5 Å². The van der Waals surface area contributed by atoms with Crippen LogP contribution in [-0.2, 0) is 14.3 Å². The largest absolute Gasteiger partial charge is 0.337 e. The van der Waals surface area contributed by atoms with E-state index >= 15 is 0 Å². The van der Waals surface area contributed by atoms with E-state index in [9.17, 15) is 13.6 Å². The molecule has 0 saturated carbocycles. The zero-order valence-corrected chi connectivity index (χ0v) is 5.70. The van der Waals surface area contributed by atoms with Crippen molar-refractivity contribution in [3.05, 3.63) is 0 Å². The fourth-order valence-corrected chi connectivity index (χ4v) is 0.853. The molecular formula is C6H8F2O3. The first-order valence-electron chi connectivity index (χ1n) is 3.24. The van der Waals surface area contributed by atoms with Crippen LogP contribution in [0.25, 0.3) is 0 Å². The van der Waals surface area contributed by atoms with Crippen LogP contribution in [0.1, 0.15) is 6.42 Å². The first-order valence-corrected chi connectivity index (χ1v) is 3.24. The lowest BCUT2D eigenvalue weighted by Gasteiger charge is -2.05. The molecule has 1 fully saturated rings. The van der Waals surface area contributed by atoms with Gasteiger partial charge in [0.1, 0.15) is 6.10 Å². The summed E-state index contributed by atoms with van der Waals surface area (Å²) in [5, 5.41) is 0. The summed E-state index contributed by atoms with van der Waals surface area (Å²) >= 11 is 0. The van der Waals surface area contributed by atoms with Crippen molar-refractivity contribution in [3.8, 4) is 0 Å². The summed E-state index contributed by atoms with van der Waals surface area (Å²) in [6.07, 6.45) is -3.52. The van der Waals surface area contributed by atoms with Crippen molar-refractivity contribution in [1.29, 1.82) is 0 Å². The zero-order valence-electron chi connectivity index (χ0n) is 5.70. The molecule has 0 bridgehead atoms. The van der Waals surface area contributed by atoms with Gasteiger partial charge in [0, 0.05) is 6.42 Å². The highest BCUT2D eigenvalue weighted by atomic mass is 19.1. The van der Waals surface area contributed by atoms with Crippen molar-refractivity contribution in [2.24, 2.45) is 0 Å². The van der Waals surface area contributed by atoms with Gasteiger partial charge >= 0.3 is 0 Å². The Morgan fingerprint density at radius 1 is 1.45 bits per heavy atom. The quantitative estimate of drug-likeness (QED) is 0.575. The maximum Gasteiger partial charge on any atom is 0.228 e. The maximum atomic E-state index is 12.5. The molecule has 0 N–H and O–H groups in total. The lowest BCUT2D eigenvalue weighted by molar-refractivity contribution is -0.138. The maximum absolute atomic E-state index is 12.5. The van der Waals surface area contributed by atoms with E-state index in [0.29, 0.717) is 6.29 Å². The number of alkyl halides is 2. The highest BCUT2D eigenvalue weighted by molar-refractivity contribution is 5.54. The Bertz CT molecular complexity index is 142. The molecule has 0 aromatic heterocycles. The molecule has 11 heavy (non-hydrogen) atoms. The smallest absolute Gasteiger partial charge is 0.228 e. The minimum Gasteiger partial charge on any atom is -0.337 e. The number of hydrogen-bond acceptors (Lipinski definition) is 3. The number of aldehydes is 1. The molecule has 3 nitrogen and oxygen atoms in total. The van der Waals surface area contributed by atoms with Gasteiger partial charge in [-0.1, -0.05) is 0 Å². The SMILES string of the molecule is O=CC1OC(F)C(CCF)O1. The van der Waals surface area contributed by atoms with E-state index in [4.69, 9.17) is 0 Å². The monoisotopic (exact) mass is 166 g/mol. The molecular weight excluding hydrogens is 158 g/mol. The van der Waals surface area contributed by atoms with Crippen LogP contribution in [0.2, 0.25) is 0 Å². The molecule has 3 atom stereocenters. The first-order chi connectivity index (χ1) is 5.27. The Labute approximate surface area is 62.3 Å². The molecule has 1 heterocycles. The third kappa shape index (κ3) is 1.94. The number of ether oxygens (including phenoxy) is 2. The Kier molecular flexibility index (Phi) is 2.90. The van der Waals surface area contributed by atoms with Gasteiger partial charge in [0.15, 0.2) is 6.29 Å². The van der Waals surface area contributed by atoms with E-state index in [-0.39, 0.29) is 6.42 Å². The molecule has 0 radical (unpaired) electrons. The van der Waals surface area contributed by atoms with Crippen LogP contribution in [0.4, 0.5) is 8.78 Å². The van der Waals surface area contributed by atoms with Crippen molar-refractivity contribution in [2.45, 2.75) is 25.2 Å². The van der Waals surface area contributed by atoms with Crippen molar-refractivity contribution < 1.29 is 23.0 Å². The van der Waals surface area contributed by atoms with Crippen LogP contribution in [0.15, 0.2) is 0 Å². The van der Waals surface area contributed by atoms with Gasteiger partial charge in [0.2, 0.25) is 12.6 Å². The minimum absolute atomic E-state index is 0.0779. The summed E-state index contributed by atoms with van der Waals surface area (Å²) in [5.41, 5.74) is 0. The van der Waals surface area contributed by atoms with E-state index in [0.717, 1.165) is 0 Å². The Morgan fingerprint density at radius 2 is 2.18 bits per heavy atom. The van der Waals surface area contributed by atoms with Gasteiger partial charge < -0.3 is 9.47 Å². The number of hydrogen-bond donors (Lipinski definition) is 0. The summed E-state index contributed by atoms with van der Waals surface area (Å²) in [7, 11) is 0. The first kappa shape index (κ1) is 8.55. The molecule has 0 aromatic rings. The Morgan fingerprint density at radius 3 is 2.64 bits per heavy atom. The molecule has 5 heteroatoms. The predicted octanol–water partition coefficient (Wildman–Crippen LogP) is 0.582. The average Bonchev–Trinajstić information content (AvgIpc) is 2.33. The Balaban J connectivity index is 2.38. The lowest BCUT2D eigenvalue weighted by Crippen LogP contribution is -2.18. The van der Waals surface area contributed by atoms with E-state index < -0.39 is 25.4 Å². The molecule has 0 spiro atoms. The highest BCUT2D eigenvalue weighted by Crippen LogP contribution is 2.21. The number of carbonyl (C=O) groups excluding carboxylic acids is 1. The summed E-state index contributed by atoms with van der Waals surface area (Å²) in [6.45, 7) is -0.681. The van der Waals surface area contributed by atoms with Gasteiger partial charge in [-0.05, 0) is 0 Å². The molecule has 64 valence electrons. The average molecular weight is 166 g/mol. The van der Waals surface area contributed by atoms with Gasteiger partial charge in [-0.2, -0.15) is 0 Å². The number of carbonyl (C=O) groups is 1. The van der Waals surface area contributed by atoms with Crippen LogP contribution in [-0.4, -0.2) is 31.7 Å². The normalized spacial score (nSPS) is 37.5. The fourth-order valence-electron chi connectivity index (χ4n) is 0.853. The van der Waals surface area contributed by atoms with Crippen molar-refractivity contribution in [2.75, 3.05) is 6.67 Å². The third-order valence-electron chi connectivity index (χ3n) is 1.37. The summed E-state index contributed by atoms with van der Waals surface area (Å²) < 4.78 is 33.2. The molecule has 0 aromatic carbocycles. The summed E-state index contributed by atoms with van der Waals surface area (Å²) in [6, 6.07) is 0. The molecule has 3 unspecified atom stereocenters. The number of halogens is 2. The molecule has 1 rings (SSSR count). The van der Waals surface area contributed by atoms with E-state index in [1.807, 2.05) is 0 Å². The Hall–Kier alpha value is -0.550. The van der Waals surface area contributed by atoms with Gasteiger partial charge in [-0.15, -0.1) is 0 Å². The van der Waals surface area contributed by atoms with Crippen LogP contribution < -0.4 is 0 Å². The van der Waals surface area contributed by atoms with Crippen molar-refractivity contribution in [3.63, 3.8) is 0 Å². The second kappa shape index (κ2) is 3.73. The van der Waals surface area contributed by atoms with Gasteiger partial charge in [0.05, 0.1) is 6.67 Å².